The number of para-hydroxylation sites is 1. The number of H-pyrrole nitrogens is 2. The largest absolute Gasteiger partial charge is 0.316 e. The Kier molecular flexibility index (Phi) is 3.24. The van der Waals surface area contributed by atoms with E-state index in [1.54, 1.807) is 12.1 Å². The van der Waals surface area contributed by atoms with Gasteiger partial charge in [0, 0.05) is 5.56 Å². The third kappa shape index (κ3) is 2.48. The van der Waals surface area contributed by atoms with Crippen molar-refractivity contribution < 1.29 is 4.79 Å². The zero-order valence-corrected chi connectivity index (χ0v) is 12.9. The van der Waals surface area contributed by atoms with Gasteiger partial charge in [-0.15, -0.1) is 0 Å². The highest BCUT2D eigenvalue weighted by Gasteiger charge is 2.11. The third-order valence-corrected chi connectivity index (χ3v) is 4.45. The lowest BCUT2D eigenvalue weighted by Gasteiger charge is -2.03. The first-order valence-electron chi connectivity index (χ1n) is 7.03. The predicted octanol–water partition coefficient (Wildman–Crippen LogP) is 2.08. The Labute approximate surface area is 138 Å². The number of hydrogen-bond acceptors (Lipinski definition) is 5. The molecule has 118 valence electrons. The molecular weight excluding hydrogens is 328 g/mol. The Hall–Kier alpha value is -3.26. The smallest absolute Gasteiger partial charge is 0.314 e. The number of rotatable bonds is 2. The van der Waals surface area contributed by atoms with E-state index in [9.17, 15) is 14.4 Å². The van der Waals surface area contributed by atoms with Crippen LogP contribution in [-0.4, -0.2) is 20.9 Å². The molecule has 0 bridgehead atoms. The molecule has 2 aromatic heterocycles. The number of benzene rings is 2. The van der Waals surface area contributed by atoms with Crippen molar-refractivity contribution in [3.05, 3.63) is 68.7 Å². The molecule has 1 amide bonds. The summed E-state index contributed by atoms with van der Waals surface area (Å²) in [6.07, 6.45) is 0. The van der Waals surface area contributed by atoms with Gasteiger partial charge in [-0.2, -0.15) is 0 Å². The van der Waals surface area contributed by atoms with Crippen LogP contribution in [0.1, 0.15) is 10.4 Å². The fourth-order valence-corrected chi connectivity index (χ4v) is 3.21. The van der Waals surface area contributed by atoms with Gasteiger partial charge in [0.05, 0.1) is 21.3 Å². The fourth-order valence-electron chi connectivity index (χ4n) is 2.35. The van der Waals surface area contributed by atoms with Crippen LogP contribution in [0.3, 0.4) is 0 Å². The van der Waals surface area contributed by atoms with Gasteiger partial charge in [0.2, 0.25) is 0 Å². The van der Waals surface area contributed by atoms with E-state index < -0.39 is 11.1 Å². The summed E-state index contributed by atoms with van der Waals surface area (Å²) in [7, 11) is 0. The van der Waals surface area contributed by atoms with Gasteiger partial charge in [0.15, 0.2) is 5.13 Å². The molecule has 4 aromatic rings. The molecule has 24 heavy (non-hydrogen) atoms. The summed E-state index contributed by atoms with van der Waals surface area (Å²) in [5.74, 6) is -0.344. The molecule has 0 atom stereocenters. The number of carbonyl (C=O) groups is 1. The molecule has 7 nitrogen and oxygen atoms in total. The maximum atomic E-state index is 12.4. The highest BCUT2D eigenvalue weighted by molar-refractivity contribution is 7.22. The quantitative estimate of drug-likeness (QED) is 0.486. The number of nitrogens with zero attached hydrogens (tertiary/aromatic N) is 1. The monoisotopic (exact) mass is 338 g/mol. The van der Waals surface area contributed by atoms with Gasteiger partial charge in [0.1, 0.15) is 0 Å². The summed E-state index contributed by atoms with van der Waals surface area (Å²) in [6, 6.07) is 12.2. The summed E-state index contributed by atoms with van der Waals surface area (Å²) in [5.41, 5.74) is 0.524. The molecule has 2 aromatic carbocycles. The molecule has 0 aliphatic heterocycles. The van der Waals surface area contributed by atoms with Gasteiger partial charge in [-0.05, 0) is 30.3 Å². The Morgan fingerprint density at radius 3 is 2.54 bits per heavy atom. The molecule has 0 spiro atoms. The van der Waals surface area contributed by atoms with Crippen LogP contribution >= 0.6 is 11.3 Å². The van der Waals surface area contributed by atoms with E-state index in [2.05, 4.69) is 20.3 Å². The first kappa shape index (κ1) is 14.3. The summed E-state index contributed by atoms with van der Waals surface area (Å²) < 4.78 is 0.980. The van der Waals surface area contributed by atoms with E-state index in [1.165, 1.54) is 17.4 Å². The van der Waals surface area contributed by atoms with Crippen LogP contribution in [-0.2, 0) is 0 Å². The highest BCUT2D eigenvalue weighted by atomic mass is 32.1. The number of nitrogens with one attached hydrogen (secondary N) is 3. The maximum absolute atomic E-state index is 12.4. The molecule has 0 saturated carbocycles. The first-order valence-corrected chi connectivity index (χ1v) is 7.85. The van der Waals surface area contributed by atoms with Crippen molar-refractivity contribution in [1.82, 2.24) is 15.0 Å². The standard InChI is InChI=1S/C16H10N4O3S/c21-13(20-16-19-10-3-1-2-4-12(10)24-16)8-5-6-9-11(7-8)18-15(23)14(22)17-9/h1-7H,(H,17,22)(H,18,23)(H,19,20,21). The van der Waals surface area contributed by atoms with Crippen LogP contribution in [0.4, 0.5) is 5.13 Å². The molecule has 3 N–H and O–H groups in total. The number of amides is 1. The number of hydrogen-bond donors (Lipinski definition) is 3. The molecule has 0 saturated heterocycles. The number of carbonyl (C=O) groups excluding carboxylic acids is 1. The van der Waals surface area contributed by atoms with Crippen LogP contribution < -0.4 is 16.4 Å². The van der Waals surface area contributed by atoms with Gasteiger partial charge < -0.3 is 9.97 Å². The second-order valence-corrected chi connectivity index (χ2v) is 6.14. The van der Waals surface area contributed by atoms with Crippen LogP contribution in [0, 0.1) is 0 Å². The summed E-state index contributed by atoms with van der Waals surface area (Å²) in [5, 5.41) is 3.24. The van der Waals surface area contributed by atoms with E-state index in [0.29, 0.717) is 21.7 Å². The minimum atomic E-state index is -0.758. The van der Waals surface area contributed by atoms with Crippen molar-refractivity contribution >= 4 is 43.6 Å². The Bertz CT molecular complexity index is 1170. The predicted molar refractivity (Wildman–Crippen MR) is 92.8 cm³/mol. The van der Waals surface area contributed by atoms with Crippen LogP contribution in [0.5, 0.6) is 0 Å². The second kappa shape index (κ2) is 5.43. The van der Waals surface area contributed by atoms with Gasteiger partial charge >= 0.3 is 11.1 Å². The maximum Gasteiger partial charge on any atom is 0.314 e. The first-order chi connectivity index (χ1) is 11.6. The van der Waals surface area contributed by atoms with Crippen molar-refractivity contribution in [2.24, 2.45) is 0 Å². The van der Waals surface area contributed by atoms with Gasteiger partial charge in [-0.1, -0.05) is 23.5 Å². The Balaban J connectivity index is 1.68. The van der Waals surface area contributed by atoms with E-state index in [1.807, 2.05) is 24.3 Å². The average Bonchev–Trinajstić information content (AvgIpc) is 2.97. The molecule has 8 heteroatoms. The van der Waals surface area contributed by atoms with Crippen molar-refractivity contribution in [3.63, 3.8) is 0 Å². The van der Waals surface area contributed by atoms with Crippen molar-refractivity contribution in [2.75, 3.05) is 5.32 Å². The summed E-state index contributed by atoms with van der Waals surface area (Å²) in [4.78, 5) is 44.3. The lowest BCUT2D eigenvalue weighted by molar-refractivity contribution is 0.102. The SMILES string of the molecule is O=C(Nc1nc2ccccc2s1)c1ccc2[nH]c(=O)c(=O)[nH]c2c1. The topological polar surface area (TPSA) is 108 Å². The molecular formula is C16H10N4O3S. The normalized spacial score (nSPS) is 11.0. The molecule has 0 aliphatic carbocycles. The van der Waals surface area contributed by atoms with Crippen molar-refractivity contribution in [1.29, 1.82) is 0 Å². The van der Waals surface area contributed by atoms with Crippen LogP contribution in [0.15, 0.2) is 52.1 Å². The number of anilines is 1. The zero-order valence-electron chi connectivity index (χ0n) is 12.1. The fraction of sp³-hybridized carbons (Fsp3) is 0. The van der Waals surface area contributed by atoms with Crippen LogP contribution in [0.2, 0.25) is 0 Å². The van der Waals surface area contributed by atoms with E-state index >= 15 is 0 Å². The second-order valence-electron chi connectivity index (χ2n) is 5.11. The van der Waals surface area contributed by atoms with Gasteiger partial charge in [-0.3, -0.25) is 19.7 Å². The average molecular weight is 338 g/mol. The molecule has 0 fully saturated rings. The van der Waals surface area contributed by atoms with E-state index in [4.69, 9.17) is 0 Å². The number of aromatic amines is 2. The summed E-state index contributed by atoms with van der Waals surface area (Å²) >= 11 is 1.38. The summed E-state index contributed by atoms with van der Waals surface area (Å²) in [6.45, 7) is 0. The molecule has 4 rings (SSSR count). The Morgan fingerprint density at radius 1 is 1.00 bits per heavy atom. The van der Waals surface area contributed by atoms with Crippen molar-refractivity contribution in [2.45, 2.75) is 0 Å². The lowest BCUT2D eigenvalue weighted by Crippen LogP contribution is -2.29. The highest BCUT2D eigenvalue weighted by Crippen LogP contribution is 2.25. The number of aromatic nitrogens is 3. The lowest BCUT2D eigenvalue weighted by atomic mass is 10.2. The van der Waals surface area contributed by atoms with Crippen LogP contribution in [0.25, 0.3) is 21.3 Å². The minimum Gasteiger partial charge on any atom is -0.316 e. The van der Waals surface area contributed by atoms with Gasteiger partial charge in [-0.25, -0.2) is 4.98 Å². The number of thiazole rings is 1. The van der Waals surface area contributed by atoms with E-state index in [0.717, 1.165) is 10.2 Å². The molecule has 2 heterocycles. The van der Waals surface area contributed by atoms with Gasteiger partial charge in [0.25, 0.3) is 5.91 Å². The minimum absolute atomic E-state index is 0.344. The Morgan fingerprint density at radius 2 is 1.75 bits per heavy atom. The molecule has 0 radical (unpaired) electrons. The molecule has 0 unspecified atom stereocenters. The molecule has 0 aliphatic rings. The number of fused-ring (bicyclic) bond motifs is 2. The third-order valence-electron chi connectivity index (χ3n) is 3.50. The van der Waals surface area contributed by atoms with E-state index in [-0.39, 0.29) is 5.91 Å². The van der Waals surface area contributed by atoms with Crippen molar-refractivity contribution in [3.8, 4) is 0 Å². The zero-order chi connectivity index (χ0) is 16.7.